The van der Waals surface area contributed by atoms with E-state index in [9.17, 15) is 18.0 Å². The number of hydrogen-bond donors (Lipinski definition) is 1. The van der Waals surface area contributed by atoms with Gasteiger partial charge in [-0.25, -0.2) is 8.42 Å². The molecule has 3 aromatic carbocycles. The Balaban J connectivity index is 1.90. The Kier molecular flexibility index (Phi) is 11.5. The van der Waals surface area contributed by atoms with Crippen LogP contribution in [0.3, 0.4) is 0 Å². The highest BCUT2D eigenvalue weighted by Gasteiger charge is 2.31. The van der Waals surface area contributed by atoms with E-state index < -0.39 is 16.1 Å². The highest BCUT2D eigenvalue weighted by molar-refractivity contribution is 7.92. The monoisotopic (exact) mass is 577 g/mol. The van der Waals surface area contributed by atoms with Gasteiger partial charge in [-0.2, -0.15) is 0 Å². The second kappa shape index (κ2) is 14.8. The van der Waals surface area contributed by atoms with Crippen LogP contribution in [0, 0.1) is 13.8 Å². The molecule has 0 radical (unpaired) electrons. The summed E-state index contributed by atoms with van der Waals surface area (Å²) in [6, 6.07) is 24.2. The Labute approximate surface area is 245 Å². The first-order valence-electron chi connectivity index (χ1n) is 14.2. The molecule has 0 unspecified atom stereocenters. The number of benzene rings is 3. The maximum absolute atomic E-state index is 13.9. The zero-order chi connectivity index (χ0) is 30.0. The predicted molar refractivity (Wildman–Crippen MR) is 166 cm³/mol. The van der Waals surface area contributed by atoms with Crippen molar-refractivity contribution in [2.24, 2.45) is 0 Å². The van der Waals surface area contributed by atoms with Gasteiger partial charge in [0.05, 0.1) is 11.9 Å². The van der Waals surface area contributed by atoms with Crippen molar-refractivity contribution in [1.82, 2.24) is 10.2 Å². The summed E-state index contributed by atoms with van der Waals surface area (Å²) >= 11 is 0. The van der Waals surface area contributed by atoms with Crippen LogP contribution in [0.5, 0.6) is 0 Å². The Bertz CT molecular complexity index is 1410. The average molecular weight is 578 g/mol. The van der Waals surface area contributed by atoms with Crippen molar-refractivity contribution in [3.63, 3.8) is 0 Å². The van der Waals surface area contributed by atoms with Gasteiger partial charge >= 0.3 is 0 Å². The van der Waals surface area contributed by atoms with Crippen LogP contribution in [0.15, 0.2) is 78.9 Å². The number of nitrogens with one attached hydrogen (secondary N) is 1. The summed E-state index contributed by atoms with van der Waals surface area (Å²) in [4.78, 5) is 29.3. The summed E-state index contributed by atoms with van der Waals surface area (Å²) in [7, 11) is -3.55. The zero-order valence-corrected chi connectivity index (χ0v) is 25.7. The molecule has 1 N–H and O–H groups in total. The molecular weight excluding hydrogens is 534 g/mol. The van der Waals surface area contributed by atoms with Crippen molar-refractivity contribution in [3.8, 4) is 0 Å². The number of anilines is 1. The summed E-state index contributed by atoms with van der Waals surface area (Å²) in [5.74, 6) is -0.383. The standard InChI is InChI=1S/C33H43N3O4S/c1-6-27(4)34-33(38)31(23-28-16-8-7-9-17-28)35(24-29-18-12-14-25(2)22-29)32(37)20-13-21-36(41(5,39)40)30-19-11-10-15-26(30)3/h7-12,14-19,22,27,31H,6,13,20-21,23-24H2,1-5H3,(H,34,38)/t27-,31-/m0/s1. The minimum absolute atomic E-state index is 0.0332. The smallest absolute Gasteiger partial charge is 0.243 e. The fourth-order valence-corrected chi connectivity index (χ4v) is 5.85. The third-order valence-electron chi connectivity index (χ3n) is 7.24. The molecular formula is C33H43N3O4S. The number of sulfonamides is 1. The molecule has 2 amide bonds. The maximum atomic E-state index is 13.9. The molecule has 0 aromatic heterocycles. The molecule has 0 fully saturated rings. The molecule has 0 aliphatic carbocycles. The molecule has 0 bridgehead atoms. The van der Waals surface area contributed by atoms with Crippen LogP contribution in [0.4, 0.5) is 5.69 Å². The van der Waals surface area contributed by atoms with Gasteiger partial charge in [-0.3, -0.25) is 13.9 Å². The summed E-state index contributed by atoms with van der Waals surface area (Å²) in [6.45, 7) is 8.27. The van der Waals surface area contributed by atoms with Gasteiger partial charge in [0, 0.05) is 32.0 Å². The molecule has 3 aromatic rings. The molecule has 0 heterocycles. The van der Waals surface area contributed by atoms with Gasteiger partial charge < -0.3 is 10.2 Å². The lowest BCUT2D eigenvalue weighted by Crippen LogP contribution is -2.52. The SMILES string of the molecule is CC[C@H](C)NC(=O)[C@H](Cc1ccccc1)N(Cc1cccc(C)c1)C(=O)CCCN(c1ccccc1C)S(C)(=O)=O. The number of rotatable bonds is 14. The third kappa shape index (κ3) is 9.46. The normalized spacial score (nSPS) is 12.8. The minimum Gasteiger partial charge on any atom is -0.352 e. The lowest BCUT2D eigenvalue weighted by atomic mass is 10.0. The van der Waals surface area contributed by atoms with Crippen LogP contribution in [-0.4, -0.2) is 50.0 Å². The van der Waals surface area contributed by atoms with Crippen molar-refractivity contribution in [2.75, 3.05) is 17.1 Å². The molecule has 7 nitrogen and oxygen atoms in total. The largest absolute Gasteiger partial charge is 0.352 e. The van der Waals surface area contributed by atoms with Crippen molar-refractivity contribution in [3.05, 3.63) is 101 Å². The molecule has 8 heteroatoms. The van der Waals surface area contributed by atoms with Gasteiger partial charge in [-0.1, -0.05) is 85.3 Å². The van der Waals surface area contributed by atoms with E-state index in [0.717, 1.165) is 28.7 Å². The first kappa shape index (κ1) is 31.9. The van der Waals surface area contributed by atoms with Gasteiger partial charge in [0.25, 0.3) is 0 Å². The number of amides is 2. The van der Waals surface area contributed by atoms with Crippen LogP contribution in [0.1, 0.15) is 55.4 Å². The lowest BCUT2D eigenvalue weighted by Gasteiger charge is -2.33. The number of nitrogens with zero attached hydrogens (tertiary/aromatic N) is 2. The molecule has 41 heavy (non-hydrogen) atoms. The number of carbonyl (C=O) groups is 2. The number of hydrogen-bond acceptors (Lipinski definition) is 4. The van der Waals surface area contributed by atoms with Gasteiger partial charge in [0.15, 0.2) is 0 Å². The van der Waals surface area contributed by atoms with E-state index in [4.69, 9.17) is 0 Å². The molecule has 2 atom stereocenters. The van der Waals surface area contributed by atoms with Crippen LogP contribution in [0.2, 0.25) is 0 Å². The first-order valence-corrected chi connectivity index (χ1v) is 16.1. The van der Waals surface area contributed by atoms with Crippen molar-refractivity contribution >= 4 is 27.5 Å². The van der Waals surface area contributed by atoms with Crippen molar-refractivity contribution in [1.29, 1.82) is 0 Å². The molecule has 0 saturated carbocycles. The summed E-state index contributed by atoms with van der Waals surface area (Å²) in [5.41, 5.74) is 4.41. The van der Waals surface area contributed by atoms with Crippen molar-refractivity contribution in [2.45, 2.75) is 72.0 Å². The average Bonchev–Trinajstić information content (AvgIpc) is 2.93. The second-order valence-electron chi connectivity index (χ2n) is 10.8. The highest BCUT2D eigenvalue weighted by Crippen LogP contribution is 2.23. The summed E-state index contributed by atoms with van der Waals surface area (Å²) in [5, 5.41) is 3.08. The van der Waals surface area contributed by atoms with Gasteiger partial charge in [0.1, 0.15) is 6.04 Å². The van der Waals surface area contributed by atoms with E-state index in [1.54, 1.807) is 17.0 Å². The topological polar surface area (TPSA) is 86.8 Å². The van der Waals surface area contributed by atoms with E-state index in [2.05, 4.69) is 5.32 Å². The molecule has 220 valence electrons. The Morgan fingerprint density at radius 3 is 2.20 bits per heavy atom. The van der Waals surface area contributed by atoms with E-state index in [0.29, 0.717) is 18.5 Å². The van der Waals surface area contributed by atoms with Gasteiger partial charge in [0.2, 0.25) is 21.8 Å². The highest BCUT2D eigenvalue weighted by atomic mass is 32.2. The quantitative estimate of drug-likeness (QED) is 0.278. The van der Waals surface area contributed by atoms with E-state index in [1.807, 2.05) is 94.4 Å². The Morgan fingerprint density at radius 1 is 0.902 bits per heavy atom. The molecule has 0 aliphatic rings. The first-order chi connectivity index (χ1) is 19.5. The molecule has 0 aliphatic heterocycles. The van der Waals surface area contributed by atoms with Gasteiger partial charge in [-0.15, -0.1) is 0 Å². The zero-order valence-electron chi connectivity index (χ0n) is 24.8. The fraction of sp³-hybridized carbons (Fsp3) is 0.394. The summed E-state index contributed by atoms with van der Waals surface area (Å²) in [6.07, 6.45) is 2.75. The Morgan fingerprint density at radius 2 is 1.56 bits per heavy atom. The van der Waals surface area contributed by atoms with Crippen LogP contribution in [0.25, 0.3) is 0 Å². The molecule has 0 spiro atoms. The van der Waals surface area contributed by atoms with E-state index in [-0.39, 0.29) is 37.4 Å². The number of carbonyl (C=O) groups excluding carboxylic acids is 2. The lowest BCUT2D eigenvalue weighted by molar-refractivity contribution is -0.141. The Hall–Kier alpha value is -3.65. The van der Waals surface area contributed by atoms with E-state index >= 15 is 0 Å². The third-order valence-corrected chi connectivity index (χ3v) is 8.42. The van der Waals surface area contributed by atoms with Crippen LogP contribution < -0.4 is 9.62 Å². The minimum atomic E-state index is -3.55. The fourth-order valence-electron chi connectivity index (χ4n) is 4.83. The predicted octanol–water partition coefficient (Wildman–Crippen LogP) is 5.40. The maximum Gasteiger partial charge on any atom is 0.243 e. The van der Waals surface area contributed by atoms with Crippen LogP contribution in [-0.2, 0) is 32.6 Å². The molecule has 3 rings (SSSR count). The second-order valence-corrected chi connectivity index (χ2v) is 12.7. The molecule has 0 saturated heterocycles. The number of aryl methyl sites for hydroxylation is 2. The van der Waals surface area contributed by atoms with Gasteiger partial charge in [-0.05, 0) is 56.4 Å². The number of para-hydroxylation sites is 1. The van der Waals surface area contributed by atoms with Crippen LogP contribution >= 0.6 is 0 Å². The summed E-state index contributed by atoms with van der Waals surface area (Å²) < 4.78 is 26.7. The van der Waals surface area contributed by atoms with Crippen molar-refractivity contribution < 1.29 is 18.0 Å². The van der Waals surface area contributed by atoms with E-state index in [1.165, 1.54) is 10.6 Å².